The zero-order valence-corrected chi connectivity index (χ0v) is 9.01. The molecule has 2 unspecified atom stereocenters. The fraction of sp³-hybridized carbons (Fsp3) is 0.364. The average Bonchev–Trinajstić information content (AvgIpc) is 2.78. The molecule has 0 spiro atoms. The van der Waals surface area contributed by atoms with Crippen molar-refractivity contribution in [1.29, 1.82) is 5.26 Å². The largest absolute Gasteiger partial charge is 0.197 e. The minimum Gasteiger partial charge on any atom is -0.197 e. The van der Waals surface area contributed by atoms with E-state index in [0.29, 0.717) is 5.92 Å². The summed E-state index contributed by atoms with van der Waals surface area (Å²) in [6, 6.07) is 10.5. The number of rotatable bonds is 1. The Balaban J connectivity index is 2.42. The molecule has 1 aromatic carbocycles. The normalized spacial score (nSPS) is 31.0. The molecule has 0 amide bonds. The fourth-order valence-electron chi connectivity index (χ4n) is 1.81. The number of nitriles is 1. The number of hydrogen-bond acceptors (Lipinski definition) is 1. The zero-order chi connectivity index (χ0) is 9.47. The molecule has 2 heteroatoms. The van der Waals surface area contributed by atoms with Gasteiger partial charge in [0.1, 0.15) is 0 Å². The summed E-state index contributed by atoms with van der Waals surface area (Å²) in [5.41, 5.74) is 0.959. The summed E-state index contributed by atoms with van der Waals surface area (Å²) in [4.78, 5) is 0. The lowest BCUT2D eigenvalue weighted by Gasteiger charge is -2.07. The van der Waals surface area contributed by atoms with Gasteiger partial charge in [-0.15, -0.1) is 0 Å². The Morgan fingerprint density at radius 2 is 2.31 bits per heavy atom. The Hall–Kier alpha value is -0.810. The summed E-state index contributed by atoms with van der Waals surface area (Å²) in [7, 11) is 0. The smallest absolute Gasteiger partial charge is 0.0852 e. The summed E-state index contributed by atoms with van der Waals surface area (Å²) in [6.07, 6.45) is 1.000. The van der Waals surface area contributed by atoms with Crippen LogP contribution in [-0.4, -0.2) is 0 Å². The van der Waals surface area contributed by atoms with Crippen molar-refractivity contribution in [1.82, 2.24) is 0 Å². The van der Waals surface area contributed by atoms with Gasteiger partial charge in [0.25, 0.3) is 0 Å². The van der Waals surface area contributed by atoms with Crippen molar-refractivity contribution in [3.05, 3.63) is 34.3 Å². The van der Waals surface area contributed by atoms with Gasteiger partial charge in [0.2, 0.25) is 0 Å². The summed E-state index contributed by atoms with van der Waals surface area (Å²) in [5, 5.41) is 9.11. The van der Waals surface area contributed by atoms with Crippen molar-refractivity contribution >= 4 is 15.9 Å². The van der Waals surface area contributed by atoms with Crippen LogP contribution in [0.1, 0.15) is 18.9 Å². The van der Waals surface area contributed by atoms with Gasteiger partial charge in [-0.2, -0.15) is 5.26 Å². The molecule has 0 aromatic heterocycles. The first kappa shape index (κ1) is 8.77. The molecule has 2 atom stereocenters. The van der Waals surface area contributed by atoms with Gasteiger partial charge in [-0.05, 0) is 30.0 Å². The molecular weight excluding hydrogens is 226 g/mol. The number of halogens is 1. The molecule has 0 saturated heterocycles. The maximum Gasteiger partial charge on any atom is 0.0852 e. The Morgan fingerprint density at radius 1 is 1.62 bits per heavy atom. The van der Waals surface area contributed by atoms with E-state index in [-0.39, 0.29) is 5.41 Å². The third-order valence-electron chi connectivity index (χ3n) is 2.85. The summed E-state index contributed by atoms with van der Waals surface area (Å²) in [5.74, 6) is 0.506. The molecule has 1 aliphatic rings. The highest BCUT2D eigenvalue weighted by molar-refractivity contribution is 9.10. The van der Waals surface area contributed by atoms with Gasteiger partial charge < -0.3 is 0 Å². The minimum absolute atomic E-state index is 0.191. The second-order valence-electron chi connectivity index (χ2n) is 3.70. The molecule has 1 aliphatic carbocycles. The van der Waals surface area contributed by atoms with E-state index in [4.69, 9.17) is 5.26 Å². The molecule has 0 heterocycles. The van der Waals surface area contributed by atoms with Crippen molar-refractivity contribution in [2.24, 2.45) is 5.92 Å². The minimum atomic E-state index is -0.191. The first-order chi connectivity index (χ1) is 6.19. The molecule has 1 nitrogen and oxygen atoms in total. The van der Waals surface area contributed by atoms with E-state index in [2.05, 4.69) is 28.9 Å². The van der Waals surface area contributed by atoms with Crippen molar-refractivity contribution in [2.75, 3.05) is 0 Å². The monoisotopic (exact) mass is 235 g/mol. The van der Waals surface area contributed by atoms with Gasteiger partial charge in [-0.25, -0.2) is 0 Å². The Labute approximate surface area is 86.5 Å². The lowest BCUT2D eigenvalue weighted by Crippen LogP contribution is -2.05. The standard InChI is InChI=1S/C11H10BrN/c1-8-6-11(8,7-13)9-3-2-4-10(12)5-9/h2-5,8H,6H2,1H3. The number of hydrogen-bond donors (Lipinski definition) is 0. The van der Waals surface area contributed by atoms with E-state index in [0.717, 1.165) is 16.5 Å². The Bertz CT molecular complexity index is 380. The molecule has 13 heavy (non-hydrogen) atoms. The third kappa shape index (κ3) is 1.28. The summed E-state index contributed by atoms with van der Waals surface area (Å²) >= 11 is 3.42. The Morgan fingerprint density at radius 3 is 2.77 bits per heavy atom. The van der Waals surface area contributed by atoms with Gasteiger partial charge in [-0.1, -0.05) is 35.0 Å². The topological polar surface area (TPSA) is 23.8 Å². The van der Waals surface area contributed by atoms with Crippen LogP contribution in [0.4, 0.5) is 0 Å². The average molecular weight is 236 g/mol. The van der Waals surface area contributed by atoms with Crippen LogP contribution < -0.4 is 0 Å². The van der Waals surface area contributed by atoms with Crippen LogP contribution in [0.25, 0.3) is 0 Å². The fourth-order valence-corrected chi connectivity index (χ4v) is 2.21. The first-order valence-corrected chi connectivity index (χ1v) is 5.15. The third-order valence-corrected chi connectivity index (χ3v) is 3.34. The summed E-state index contributed by atoms with van der Waals surface area (Å²) in [6.45, 7) is 2.13. The van der Waals surface area contributed by atoms with E-state index in [9.17, 15) is 0 Å². The van der Waals surface area contributed by atoms with E-state index in [1.807, 2.05) is 24.3 Å². The van der Waals surface area contributed by atoms with Crippen LogP contribution in [0, 0.1) is 17.2 Å². The van der Waals surface area contributed by atoms with Crippen LogP contribution in [0.15, 0.2) is 28.7 Å². The van der Waals surface area contributed by atoms with Gasteiger partial charge >= 0.3 is 0 Å². The summed E-state index contributed by atoms with van der Waals surface area (Å²) < 4.78 is 1.05. The Kier molecular flexibility index (Phi) is 1.92. The molecule has 1 saturated carbocycles. The van der Waals surface area contributed by atoms with Gasteiger partial charge in [0.05, 0.1) is 11.5 Å². The van der Waals surface area contributed by atoms with Crippen LogP contribution in [-0.2, 0) is 5.41 Å². The molecule has 0 aliphatic heterocycles. The van der Waals surface area contributed by atoms with Crippen molar-refractivity contribution in [3.63, 3.8) is 0 Å². The highest BCUT2D eigenvalue weighted by Crippen LogP contribution is 2.53. The van der Waals surface area contributed by atoms with Gasteiger partial charge in [0.15, 0.2) is 0 Å². The molecule has 1 aromatic rings. The zero-order valence-electron chi connectivity index (χ0n) is 7.42. The number of benzene rings is 1. The molecular formula is C11H10BrN. The SMILES string of the molecule is CC1CC1(C#N)c1cccc(Br)c1. The van der Waals surface area contributed by atoms with Crippen molar-refractivity contribution < 1.29 is 0 Å². The van der Waals surface area contributed by atoms with Crippen LogP contribution in [0.5, 0.6) is 0 Å². The maximum atomic E-state index is 9.11. The molecule has 2 rings (SSSR count). The molecule has 66 valence electrons. The van der Waals surface area contributed by atoms with Gasteiger partial charge in [0, 0.05) is 4.47 Å². The van der Waals surface area contributed by atoms with Gasteiger partial charge in [-0.3, -0.25) is 0 Å². The second kappa shape index (κ2) is 2.85. The van der Waals surface area contributed by atoms with Crippen LogP contribution >= 0.6 is 15.9 Å². The predicted octanol–water partition coefficient (Wildman–Crippen LogP) is 3.25. The molecule has 0 bridgehead atoms. The first-order valence-electron chi connectivity index (χ1n) is 4.36. The quantitative estimate of drug-likeness (QED) is 0.734. The van der Waals surface area contributed by atoms with E-state index >= 15 is 0 Å². The molecule has 0 radical (unpaired) electrons. The lowest BCUT2D eigenvalue weighted by molar-refractivity contribution is 0.791. The van der Waals surface area contributed by atoms with Crippen LogP contribution in [0.2, 0.25) is 0 Å². The highest BCUT2D eigenvalue weighted by Gasteiger charge is 2.53. The number of nitrogens with zero attached hydrogens (tertiary/aromatic N) is 1. The van der Waals surface area contributed by atoms with E-state index in [1.54, 1.807) is 0 Å². The molecule has 0 N–H and O–H groups in total. The van der Waals surface area contributed by atoms with Crippen molar-refractivity contribution in [2.45, 2.75) is 18.8 Å². The maximum absolute atomic E-state index is 9.11. The second-order valence-corrected chi connectivity index (χ2v) is 4.61. The van der Waals surface area contributed by atoms with E-state index < -0.39 is 0 Å². The van der Waals surface area contributed by atoms with Crippen LogP contribution in [0.3, 0.4) is 0 Å². The highest BCUT2D eigenvalue weighted by atomic mass is 79.9. The van der Waals surface area contributed by atoms with Crippen molar-refractivity contribution in [3.8, 4) is 6.07 Å². The lowest BCUT2D eigenvalue weighted by atomic mass is 9.95. The predicted molar refractivity (Wildman–Crippen MR) is 55.2 cm³/mol. The van der Waals surface area contributed by atoms with E-state index in [1.165, 1.54) is 0 Å². The molecule has 1 fully saturated rings.